The topological polar surface area (TPSA) is 48.5 Å². The zero-order valence-electron chi connectivity index (χ0n) is 30.5. The van der Waals surface area contributed by atoms with Crippen LogP contribution in [0.3, 0.4) is 0 Å². The highest BCUT2D eigenvalue weighted by Gasteiger charge is 2.28. The Kier molecular flexibility index (Phi) is 7.20. The fraction of sp³-hybridized carbons (Fsp3) is 0.170. The lowest BCUT2D eigenvalue weighted by atomic mass is 9.79. The Labute approximate surface area is 304 Å². The second-order valence-electron chi connectivity index (χ2n) is 15.8. The molecule has 254 valence electrons. The first kappa shape index (κ1) is 31.9. The van der Waals surface area contributed by atoms with Crippen molar-refractivity contribution in [3.63, 3.8) is 0 Å². The minimum Gasteiger partial charge on any atom is -0.278 e. The highest BCUT2D eigenvalue weighted by Crippen LogP contribution is 2.41. The van der Waals surface area contributed by atoms with Crippen molar-refractivity contribution in [3.05, 3.63) is 151 Å². The van der Waals surface area contributed by atoms with Crippen LogP contribution >= 0.6 is 0 Å². The van der Waals surface area contributed by atoms with Crippen molar-refractivity contribution in [1.82, 2.24) is 24.1 Å². The minimum absolute atomic E-state index is 0.0205. The van der Waals surface area contributed by atoms with E-state index in [-0.39, 0.29) is 10.8 Å². The SMILES string of the molecule is CC(C)(C)c1cc(C(C)(C)C)c2c(c1)c1ccccc1n2-c1nc(-c2ccc(-c3ccccc3)cc2)nc(-n2c3ccccc3c3ccccc32)n1. The Bertz CT molecular complexity index is 2740. The molecule has 3 aromatic heterocycles. The first-order valence-electron chi connectivity index (χ1n) is 18.1. The van der Waals surface area contributed by atoms with Crippen LogP contribution in [-0.4, -0.2) is 24.1 Å². The van der Waals surface area contributed by atoms with Gasteiger partial charge in [-0.05, 0) is 57.3 Å². The number of benzene rings is 6. The molecule has 0 unspecified atom stereocenters. The summed E-state index contributed by atoms with van der Waals surface area (Å²) in [5.74, 6) is 1.80. The van der Waals surface area contributed by atoms with Gasteiger partial charge in [0, 0.05) is 27.1 Å². The van der Waals surface area contributed by atoms with Crippen LogP contribution in [0.2, 0.25) is 0 Å². The van der Waals surface area contributed by atoms with Gasteiger partial charge in [0.25, 0.3) is 0 Å². The fourth-order valence-corrected chi connectivity index (χ4v) is 7.57. The van der Waals surface area contributed by atoms with Crippen molar-refractivity contribution in [2.45, 2.75) is 52.4 Å². The zero-order chi connectivity index (χ0) is 35.8. The van der Waals surface area contributed by atoms with Crippen molar-refractivity contribution in [2.24, 2.45) is 0 Å². The number of hydrogen-bond donors (Lipinski definition) is 0. The molecule has 3 heterocycles. The van der Waals surface area contributed by atoms with Crippen LogP contribution in [0, 0.1) is 0 Å². The largest absolute Gasteiger partial charge is 0.278 e. The van der Waals surface area contributed by atoms with Crippen molar-refractivity contribution in [1.29, 1.82) is 0 Å². The van der Waals surface area contributed by atoms with Gasteiger partial charge in [-0.3, -0.25) is 9.13 Å². The molecule has 0 radical (unpaired) electrons. The van der Waals surface area contributed by atoms with E-state index in [1.54, 1.807) is 0 Å². The van der Waals surface area contributed by atoms with Crippen LogP contribution in [0.25, 0.3) is 78.0 Å². The van der Waals surface area contributed by atoms with E-state index < -0.39 is 0 Å². The van der Waals surface area contributed by atoms with Crippen LogP contribution in [-0.2, 0) is 10.8 Å². The second-order valence-corrected chi connectivity index (χ2v) is 15.8. The Morgan fingerprint density at radius 3 is 1.42 bits per heavy atom. The monoisotopic (exact) mass is 675 g/mol. The van der Waals surface area contributed by atoms with E-state index in [4.69, 9.17) is 15.0 Å². The van der Waals surface area contributed by atoms with Gasteiger partial charge in [-0.25, -0.2) is 0 Å². The molecular weight excluding hydrogens is 635 g/mol. The number of aromatic nitrogens is 5. The summed E-state index contributed by atoms with van der Waals surface area (Å²) in [6, 6.07) is 49.4. The molecule has 0 fully saturated rings. The highest BCUT2D eigenvalue weighted by atomic mass is 15.3. The summed E-state index contributed by atoms with van der Waals surface area (Å²) >= 11 is 0. The Hall–Kier alpha value is -6.07. The maximum absolute atomic E-state index is 5.41. The number of hydrogen-bond acceptors (Lipinski definition) is 3. The van der Waals surface area contributed by atoms with Gasteiger partial charge in [0.1, 0.15) is 0 Å². The first-order valence-corrected chi connectivity index (χ1v) is 18.1. The Morgan fingerprint density at radius 1 is 0.404 bits per heavy atom. The third kappa shape index (κ3) is 5.19. The molecule has 0 aliphatic rings. The lowest BCUT2D eigenvalue weighted by Gasteiger charge is -2.26. The Balaban J connectivity index is 1.38. The summed E-state index contributed by atoms with van der Waals surface area (Å²) in [4.78, 5) is 16.0. The van der Waals surface area contributed by atoms with Crippen molar-refractivity contribution in [3.8, 4) is 34.4 Å². The molecular formula is C47H41N5. The normalized spacial score (nSPS) is 12.4. The lowest BCUT2D eigenvalue weighted by molar-refractivity contribution is 0.572. The van der Waals surface area contributed by atoms with Gasteiger partial charge in [0.05, 0.1) is 22.1 Å². The second kappa shape index (κ2) is 11.7. The number of para-hydroxylation sites is 3. The molecule has 0 amide bonds. The molecule has 0 N–H and O–H groups in total. The molecule has 0 saturated heterocycles. The predicted molar refractivity (Wildman–Crippen MR) is 217 cm³/mol. The smallest absolute Gasteiger partial charge is 0.240 e. The van der Waals surface area contributed by atoms with E-state index in [1.807, 2.05) is 6.07 Å². The molecule has 9 aromatic rings. The minimum atomic E-state index is -0.148. The molecule has 52 heavy (non-hydrogen) atoms. The predicted octanol–water partition coefficient (Wildman–Crippen LogP) is 12.0. The maximum Gasteiger partial charge on any atom is 0.240 e. The van der Waals surface area contributed by atoms with Gasteiger partial charge in [-0.15, -0.1) is 0 Å². The summed E-state index contributed by atoms with van der Waals surface area (Å²) in [6.45, 7) is 13.8. The van der Waals surface area contributed by atoms with Crippen LogP contribution in [0.1, 0.15) is 52.7 Å². The Morgan fingerprint density at radius 2 is 0.865 bits per heavy atom. The van der Waals surface area contributed by atoms with Crippen LogP contribution < -0.4 is 0 Å². The standard InChI is InChI=1S/C47H41N5/c1-46(2,3)33-28-37-36-20-12-15-23-41(36)52(42(37)38(29-33)47(4,5)6)45-49-43(32-26-24-31(25-27-32)30-16-8-7-9-17-30)48-44(50-45)51-39-21-13-10-18-34(39)35-19-11-14-22-40(35)51/h7-29H,1-6H3. The van der Waals surface area contributed by atoms with Gasteiger partial charge < -0.3 is 0 Å². The number of rotatable bonds is 4. The third-order valence-corrected chi connectivity index (χ3v) is 10.3. The van der Waals surface area contributed by atoms with E-state index in [9.17, 15) is 0 Å². The molecule has 0 spiro atoms. The van der Waals surface area contributed by atoms with Crippen molar-refractivity contribution in [2.75, 3.05) is 0 Å². The summed E-state index contributed by atoms with van der Waals surface area (Å²) < 4.78 is 4.46. The van der Waals surface area contributed by atoms with Gasteiger partial charge in [0.2, 0.25) is 11.9 Å². The van der Waals surface area contributed by atoms with Gasteiger partial charge >= 0.3 is 0 Å². The molecule has 9 rings (SSSR count). The average Bonchev–Trinajstić information content (AvgIpc) is 3.67. The maximum atomic E-state index is 5.41. The summed E-state index contributed by atoms with van der Waals surface area (Å²) in [5.41, 5.74) is 9.96. The van der Waals surface area contributed by atoms with Gasteiger partial charge in [-0.1, -0.05) is 157 Å². The molecule has 0 bridgehead atoms. The van der Waals surface area contributed by atoms with Crippen LogP contribution in [0.5, 0.6) is 0 Å². The summed E-state index contributed by atoms with van der Waals surface area (Å²) in [5, 5.41) is 4.72. The van der Waals surface area contributed by atoms with Gasteiger partial charge in [-0.2, -0.15) is 15.0 Å². The first-order chi connectivity index (χ1) is 25.1. The summed E-state index contributed by atoms with van der Waals surface area (Å²) in [7, 11) is 0. The van der Waals surface area contributed by atoms with E-state index in [0.29, 0.717) is 17.7 Å². The van der Waals surface area contributed by atoms with Gasteiger partial charge in [0.15, 0.2) is 5.82 Å². The van der Waals surface area contributed by atoms with E-state index in [1.165, 1.54) is 27.5 Å². The molecule has 0 saturated carbocycles. The number of nitrogens with zero attached hydrogens (tertiary/aromatic N) is 5. The zero-order valence-corrected chi connectivity index (χ0v) is 30.5. The molecule has 0 atom stereocenters. The van der Waals surface area contributed by atoms with E-state index in [0.717, 1.165) is 44.0 Å². The number of fused-ring (bicyclic) bond motifs is 6. The third-order valence-electron chi connectivity index (χ3n) is 10.3. The highest BCUT2D eigenvalue weighted by molar-refractivity contribution is 6.11. The molecule has 5 heteroatoms. The van der Waals surface area contributed by atoms with E-state index >= 15 is 0 Å². The van der Waals surface area contributed by atoms with E-state index in [2.05, 4.69) is 184 Å². The quantitative estimate of drug-likeness (QED) is 0.187. The van der Waals surface area contributed by atoms with Crippen LogP contribution in [0.15, 0.2) is 140 Å². The summed E-state index contributed by atoms with van der Waals surface area (Å²) in [6.07, 6.45) is 0. The fourth-order valence-electron chi connectivity index (χ4n) is 7.57. The average molecular weight is 676 g/mol. The van der Waals surface area contributed by atoms with Crippen molar-refractivity contribution >= 4 is 43.6 Å². The molecule has 0 aliphatic carbocycles. The molecule has 6 aromatic carbocycles. The lowest BCUT2D eigenvalue weighted by Crippen LogP contribution is -2.18. The molecule has 5 nitrogen and oxygen atoms in total. The molecule has 0 aliphatic heterocycles. The van der Waals surface area contributed by atoms with Crippen molar-refractivity contribution < 1.29 is 0 Å². The van der Waals surface area contributed by atoms with Crippen LogP contribution in [0.4, 0.5) is 0 Å².